The van der Waals surface area contributed by atoms with Crippen molar-refractivity contribution >= 4 is 5.52 Å². The van der Waals surface area contributed by atoms with Crippen LogP contribution in [0.15, 0.2) is 67.3 Å². The average Bonchev–Trinajstić information content (AvgIpc) is 3.49. The Kier molecular flexibility index (Phi) is 4.67. The molecule has 1 unspecified atom stereocenters. The van der Waals surface area contributed by atoms with Gasteiger partial charge in [-0.2, -0.15) is 0 Å². The second-order valence-corrected chi connectivity index (χ2v) is 7.37. The summed E-state index contributed by atoms with van der Waals surface area (Å²) in [5.74, 6) is 0.900. The highest BCUT2D eigenvalue weighted by atomic mass is 16.5. The van der Waals surface area contributed by atoms with Crippen LogP contribution in [0.25, 0.3) is 22.7 Å². The first-order valence-corrected chi connectivity index (χ1v) is 10.1. The van der Waals surface area contributed by atoms with Crippen molar-refractivity contribution < 1.29 is 4.74 Å². The molecule has 0 amide bonds. The summed E-state index contributed by atoms with van der Waals surface area (Å²) >= 11 is 0. The van der Waals surface area contributed by atoms with E-state index in [1.165, 1.54) is 18.4 Å². The van der Waals surface area contributed by atoms with E-state index in [0.29, 0.717) is 6.10 Å². The van der Waals surface area contributed by atoms with Crippen LogP contribution in [0.3, 0.4) is 0 Å². The van der Waals surface area contributed by atoms with Gasteiger partial charge in [-0.1, -0.05) is 24.3 Å². The largest absolute Gasteiger partial charge is 0.378 e. The van der Waals surface area contributed by atoms with E-state index in [1.807, 2.05) is 41.4 Å². The molecule has 0 N–H and O–H groups in total. The monoisotopic (exact) mass is 372 g/mol. The Morgan fingerprint density at radius 1 is 1.07 bits per heavy atom. The molecule has 1 aliphatic rings. The van der Waals surface area contributed by atoms with Crippen molar-refractivity contribution in [3.05, 3.63) is 72.9 Å². The number of pyridine rings is 1. The second kappa shape index (κ2) is 7.60. The number of benzene rings is 1. The molecule has 28 heavy (non-hydrogen) atoms. The molecule has 1 fully saturated rings. The third kappa shape index (κ3) is 3.34. The van der Waals surface area contributed by atoms with Gasteiger partial charge in [-0.15, -0.1) is 0 Å². The molecule has 1 saturated heterocycles. The molecule has 0 spiro atoms. The number of imidazole rings is 2. The van der Waals surface area contributed by atoms with E-state index >= 15 is 0 Å². The van der Waals surface area contributed by atoms with E-state index in [0.717, 1.165) is 48.8 Å². The van der Waals surface area contributed by atoms with E-state index in [4.69, 9.17) is 9.72 Å². The highest BCUT2D eigenvalue weighted by Crippen LogP contribution is 2.25. The molecule has 4 heterocycles. The number of nitrogens with zero attached hydrogens (tertiary/aromatic N) is 4. The number of hydrogen-bond donors (Lipinski definition) is 0. The molecule has 5 nitrogen and oxygen atoms in total. The molecule has 5 rings (SSSR count). The Morgan fingerprint density at radius 2 is 1.96 bits per heavy atom. The number of aryl methyl sites for hydroxylation is 1. The van der Waals surface area contributed by atoms with Crippen molar-refractivity contribution in [3.8, 4) is 17.2 Å². The van der Waals surface area contributed by atoms with Crippen molar-refractivity contribution in [2.24, 2.45) is 0 Å². The molecule has 0 radical (unpaired) electrons. The van der Waals surface area contributed by atoms with Gasteiger partial charge in [-0.3, -0.25) is 4.40 Å². The van der Waals surface area contributed by atoms with E-state index in [9.17, 15) is 0 Å². The van der Waals surface area contributed by atoms with Crippen LogP contribution in [0.4, 0.5) is 0 Å². The van der Waals surface area contributed by atoms with Gasteiger partial charge in [-0.05, 0) is 56.4 Å². The van der Waals surface area contributed by atoms with Crippen molar-refractivity contribution in [2.75, 3.05) is 6.61 Å². The number of hydrogen-bond acceptors (Lipinski definition) is 3. The van der Waals surface area contributed by atoms with Gasteiger partial charge in [-0.25, -0.2) is 9.97 Å². The predicted molar refractivity (Wildman–Crippen MR) is 110 cm³/mol. The first-order valence-electron chi connectivity index (χ1n) is 10.1. The van der Waals surface area contributed by atoms with Crippen LogP contribution in [0, 0.1) is 0 Å². The fourth-order valence-corrected chi connectivity index (χ4v) is 4.02. The van der Waals surface area contributed by atoms with Crippen molar-refractivity contribution in [1.29, 1.82) is 0 Å². The summed E-state index contributed by atoms with van der Waals surface area (Å²) in [6.45, 7) is 0.923. The number of aromatic nitrogens is 4. The molecule has 1 atom stereocenters. The molecule has 142 valence electrons. The van der Waals surface area contributed by atoms with Gasteiger partial charge in [0.2, 0.25) is 0 Å². The summed E-state index contributed by atoms with van der Waals surface area (Å²) in [5.41, 5.74) is 4.29. The molecule has 1 aromatic carbocycles. The summed E-state index contributed by atoms with van der Waals surface area (Å²) < 4.78 is 9.95. The topological polar surface area (TPSA) is 44.3 Å². The zero-order valence-electron chi connectivity index (χ0n) is 15.9. The van der Waals surface area contributed by atoms with E-state index in [1.54, 1.807) is 0 Å². The third-order valence-electron chi connectivity index (χ3n) is 5.45. The molecule has 3 aromatic heterocycles. The Bertz CT molecular complexity index is 1060. The maximum absolute atomic E-state index is 5.76. The number of fused-ring (bicyclic) bond motifs is 1. The maximum atomic E-state index is 5.76. The van der Waals surface area contributed by atoms with Crippen LogP contribution < -0.4 is 0 Å². The van der Waals surface area contributed by atoms with Gasteiger partial charge in [0.05, 0.1) is 17.3 Å². The lowest BCUT2D eigenvalue weighted by atomic mass is 10.1. The number of para-hydroxylation sites is 1. The Labute approximate surface area is 164 Å². The van der Waals surface area contributed by atoms with E-state index < -0.39 is 0 Å². The van der Waals surface area contributed by atoms with E-state index in [-0.39, 0.29) is 0 Å². The highest BCUT2D eigenvalue weighted by molar-refractivity contribution is 5.63. The summed E-state index contributed by atoms with van der Waals surface area (Å²) in [5, 5.41) is 0. The fourth-order valence-electron chi connectivity index (χ4n) is 4.02. The number of rotatable bonds is 6. The molecule has 1 aliphatic heterocycles. The minimum absolute atomic E-state index is 0.440. The van der Waals surface area contributed by atoms with Gasteiger partial charge < -0.3 is 9.30 Å². The zero-order valence-corrected chi connectivity index (χ0v) is 15.9. The standard InChI is InChI=1S/C23H24N4O/c1-2-8-18(9-3-1)26-16-21(24-17-26)23-25-20(22-13-4-5-14-27(22)23)12-6-10-19-11-7-15-28-19/h1-5,8-9,13-14,16-17,19H,6-7,10-12,15H2. The van der Waals surface area contributed by atoms with Crippen LogP contribution in [0.2, 0.25) is 0 Å². The summed E-state index contributed by atoms with van der Waals surface area (Å²) in [6, 6.07) is 16.5. The maximum Gasteiger partial charge on any atom is 0.165 e. The Balaban J connectivity index is 1.42. The van der Waals surface area contributed by atoms with Crippen LogP contribution in [0.5, 0.6) is 0 Å². The molecular formula is C23H24N4O. The van der Waals surface area contributed by atoms with E-state index in [2.05, 4.69) is 39.8 Å². The Morgan fingerprint density at radius 3 is 2.82 bits per heavy atom. The highest BCUT2D eigenvalue weighted by Gasteiger charge is 2.17. The SMILES string of the molecule is c1ccc(-n2cnc(-c3nc(CCCC4CCCO4)c4ccccn34)c2)cc1. The normalized spacial score (nSPS) is 16.8. The lowest BCUT2D eigenvalue weighted by Crippen LogP contribution is -2.05. The van der Waals surface area contributed by atoms with Crippen LogP contribution >= 0.6 is 0 Å². The lowest BCUT2D eigenvalue weighted by Gasteiger charge is -2.07. The van der Waals surface area contributed by atoms with Crippen molar-refractivity contribution in [1.82, 2.24) is 18.9 Å². The average molecular weight is 372 g/mol. The lowest BCUT2D eigenvalue weighted by molar-refractivity contribution is 0.102. The first kappa shape index (κ1) is 17.2. The minimum Gasteiger partial charge on any atom is -0.378 e. The quantitative estimate of drug-likeness (QED) is 0.493. The smallest absolute Gasteiger partial charge is 0.165 e. The second-order valence-electron chi connectivity index (χ2n) is 7.37. The van der Waals surface area contributed by atoms with Gasteiger partial charge in [0.1, 0.15) is 12.0 Å². The first-order chi connectivity index (χ1) is 13.9. The van der Waals surface area contributed by atoms with Crippen LogP contribution in [-0.4, -0.2) is 31.6 Å². The Hall–Kier alpha value is -2.92. The molecule has 0 aliphatic carbocycles. The molecule has 5 heteroatoms. The summed E-state index contributed by atoms with van der Waals surface area (Å²) in [6.07, 6.45) is 12.0. The van der Waals surface area contributed by atoms with Crippen LogP contribution in [-0.2, 0) is 11.2 Å². The minimum atomic E-state index is 0.440. The molecule has 4 aromatic rings. The summed E-state index contributed by atoms with van der Waals surface area (Å²) in [4.78, 5) is 9.61. The van der Waals surface area contributed by atoms with Crippen molar-refractivity contribution in [2.45, 2.75) is 38.2 Å². The van der Waals surface area contributed by atoms with Crippen LogP contribution in [0.1, 0.15) is 31.4 Å². The van der Waals surface area contributed by atoms with Gasteiger partial charge in [0, 0.05) is 24.7 Å². The molecule has 0 bridgehead atoms. The van der Waals surface area contributed by atoms with Crippen molar-refractivity contribution in [3.63, 3.8) is 0 Å². The molecule has 0 saturated carbocycles. The van der Waals surface area contributed by atoms with Gasteiger partial charge in [0.25, 0.3) is 0 Å². The zero-order chi connectivity index (χ0) is 18.8. The third-order valence-corrected chi connectivity index (χ3v) is 5.45. The summed E-state index contributed by atoms with van der Waals surface area (Å²) in [7, 11) is 0. The number of ether oxygens (including phenoxy) is 1. The van der Waals surface area contributed by atoms with Gasteiger partial charge in [0.15, 0.2) is 5.82 Å². The molecular weight excluding hydrogens is 348 g/mol. The fraction of sp³-hybridized carbons (Fsp3) is 0.304. The predicted octanol–water partition coefficient (Wildman–Crippen LogP) is 4.69. The van der Waals surface area contributed by atoms with Gasteiger partial charge >= 0.3 is 0 Å².